The van der Waals surface area contributed by atoms with Crippen molar-refractivity contribution in [1.82, 2.24) is 34.3 Å². The van der Waals surface area contributed by atoms with Crippen molar-refractivity contribution in [2.24, 2.45) is 0 Å². The van der Waals surface area contributed by atoms with Gasteiger partial charge in [-0.15, -0.1) is 18.9 Å². The Morgan fingerprint density at radius 3 is 0.917 bits per heavy atom. The molecule has 0 radical (unpaired) electrons. The number of carbonyl (C=O) groups excluding carboxylic acids is 9. The molecule has 14 aliphatic rings. The first-order valence-electron chi connectivity index (χ1n) is 33.4. The van der Waals surface area contributed by atoms with Crippen LogP contribution in [0.2, 0.25) is 0 Å². The van der Waals surface area contributed by atoms with E-state index in [2.05, 4.69) is 54.0 Å². The Morgan fingerprint density at radius 1 is 0.404 bits per heavy atom. The molecule has 14 heterocycles. The number of esters is 2. The fourth-order valence-corrected chi connectivity index (χ4v) is 12.9. The number of amides is 7. The van der Waals surface area contributed by atoms with Gasteiger partial charge in [0.05, 0.1) is 51.6 Å². The van der Waals surface area contributed by atoms with Crippen LogP contribution in [-0.4, -0.2) is 249 Å². The van der Waals surface area contributed by atoms with Gasteiger partial charge in [-0.2, -0.15) is 0 Å². The number of β-lactam (4-membered cyclic amide) rings is 7. The number of allylic oxidation sites excluding steroid dienone is 6. The van der Waals surface area contributed by atoms with Gasteiger partial charge in [0.2, 0.25) is 41.4 Å². The van der Waals surface area contributed by atoms with E-state index in [1.54, 1.807) is 52.3 Å². The van der Waals surface area contributed by atoms with E-state index in [0.717, 1.165) is 12.7 Å². The Hall–Kier alpha value is -13.0. The van der Waals surface area contributed by atoms with E-state index in [1.165, 1.54) is 61.5 Å². The third-order valence-electron chi connectivity index (χ3n) is 17.9. The molecule has 109 heavy (non-hydrogen) atoms. The molecule has 14 fully saturated rings. The lowest BCUT2D eigenvalue weighted by atomic mass is 10.1. The summed E-state index contributed by atoms with van der Waals surface area (Å²) in [6, 6.07) is -5.89. The van der Waals surface area contributed by atoms with Crippen molar-refractivity contribution in [3.05, 3.63) is 181 Å². The fourth-order valence-electron chi connectivity index (χ4n) is 12.9. The number of hydrogen-bond donors (Lipinski definition) is 5. The molecule has 14 atom stereocenters. The van der Waals surface area contributed by atoms with Crippen LogP contribution in [-0.2, 0) is 114 Å². The molecular weight excluding hydrogens is 1440 g/mol. The number of fused-ring (bicyclic) bond motifs is 7. The van der Waals surface area contributed by atoms with Gasteiger partial charge in [-0.1, -0.05) is 49.9 Å². The second kappa shape index (κ2) is 35.4. The normalized spacial score (nSPS) is 29.9. The van der Waals surface area contributed by atoms with Gasteiger partial charge >= 0.3 is 35.8 Å². The number of aliphatic carboxylic acids is 4. The van der Waals surface area contributed by atoms with Gasteiger partial charge in [-0.3, -0.25) is 72.7 Å². The summed E-state index contributed by atoms with van der Waals surface area (Å²) < 4.78 is 59.0. The predicted molar refractivity (Wildman–Crippen MR) is 363 cm³/mol. The smallest absolute Gasteiger partial charge is 0.344 e. The maximum atomic E-state index is 12.2. The summed E-state index contributed by atoms with van der Waals surface area (Å²) in [5, 5.41) is 45.3. The first-order chi connectivity index (χ1) is 51.8. The molecule has 0 aromatic carbocycles. The van der Waals surface area contributed by atoms with Crippen LogP contribution >= 0.6 is 0 Å². The lowest BCUT2D eigenvalue weighted by Crippen LogP contribution is -2.55. The van der Waals surface area contributed by atoms with Crippen LogP contribution in [0.15, 0.2) is 181 Å². The molecular formula is C73H77N7O29. The maximum absolute atomic E-state index is 12.2. The fraction of sp³-hybridized carbons (Fsp3) is 0.411. The number of rotatable bonds is 23. The molecule has 14 aliphatic heterocycles. The zero-order valence-electron chi connectivity index (χ0n) is 57.6. The number of carbonyl (C=O) groups is 13. The number of ether oxygens (including phenoxy) is 11. The number of aliphatic hydroxyl groups is 1. The van der Waals surface area contributed by atoms with Crippen LogP contribution in [0.5, 0.6) is 0 Å². The summed E-state index contributed by atoms with van der Waals surface area (Å²) in [6.45, 7) is 14.9. The summed E-state index contributed by atoms with van der Waals surface area (Å²) in [5.41, 5.74) is 10.7. The zero-order chi connectivity index (χ0) is 77.8. The largest absolute Gasteiger partial charge is 0.489 e. The van der Waals surface area contributed by atoms with E-state index >= 15 is 0 Å². The number of carboxylic acid groups (broad SMARTS) is 4. The van der Waals surface area contributed by atoms with Gasteiger partial charge in [0.25, 0.3) is 0 Å². The van der Waals surface area contributed by atoms with Crippen molar-refractivity contribution in [1.29, 1.82) is 0 Å². The highest BCUT2D eigenvalue weighted by Gasteiger charge is 2.59. The minimum absolute atomic E-state index is 0. The maximum Gasteiger partial charge on any atom is 0.344 e. The lowest BCUT2D eigenvalue weighted by Gasteiger charge is -2.33. The molecule has 0 spiro atoms. The molecule has 7 amide bonds. The number of carboxylic acids is 4. The molecule has 14 saturated heterocycles. The van der Waals surface area contributed by atoms with E-state index in [0.29, 0.717) is 38.0 Å². The molecule has 36 nitrogen and oxygen atoms in total. The monoisotopic (exact) mass is 1520 g/mol. The Bertz CT molecular complexity index is 4230. The van der Waals surface area contributed by atoms with Crippen LogP contribution in [0.25, 0.3) is 0 Å². The van der Waals surface area contributed by atoms with E-state index in [9.17, 15) is 77.6 Å². The topological polar surface area (TPSA) is 447 Å². The van der Waals surface area contributed by atoms with Crippen molar-refractivity contribution < 1.29 is 140 Å². The SMILES string of the molecule is C.C=C=C.C=CC1/C(=C/CC=C=COC/C=C2\OC3CC(=O)N3C2C=C)OC2CC(=O)N21.CC(=O)OC(=O)C1/C(=C/CC=C=COC/C=C2\OC3CC(=O)N3C2C(=O)O)OC2CC(=O)N21.O=C(O)C1/C(=C/CC=C=COC/C=C2\OC3CC(=O)N3C2C(=O)O)OC2CC(=O)N21.O=C(O)C1/C(=C/CO)OC2CC(=O)N21. The molecule has 0 aliphatic carbocycles. The van der Waals surface area contributed by atoms with Gasteiger partial charge in [-0.05, 0) is 80.0 Å². The van der Waals surface area contributed by atoms with Crippen LogP contribution < -0.4 is 0 Å². The molecule has 0 saturated carbocycles. The summed E-state index contributed by atoms with van der Waals surface area (Å²) in [7, 11) is 0. The van der Waals surface area contributed by atoms with Gasteiger partial charge in [0.1, 0.15) is 91.0 Å². The Balaban J connectivity index is 0.000000170. The highest BCUT2D eigenvalue weighted by atomic mass is 16.6. The molecule has 14 rings (SSSR count). The molecule has 14 unspecified atom stereocenters. The van der Waals surface area contributed by atoms with Gasteiger partial charge in [0, 0.05) is 6.92 Å². The molecule has 0 bridgehead atoms. The molecule has 578 valence electrons. The van der Waals surface area contributed by atoms with E-state index in [4.69, 9.17) is 57.6 Å². The third-order valence-corrected chi connectivity index (χ3v) is 17.9. The van der Waals surface area contributed by atoms with Gasteiger partial charge < -0.3 is 77.6 Å². The third kappa shape index (κ3) is 17.1. The first-order valence-corrected chi connectivity index (χ1v) is 33.4. The minimum Gasteiger partial charge on any atom is -0.489 e. The minimum atomic E-state index is -1.17. The highest BCUT2D eigenvalue weighted by molar-refractivity contribution is 5.96. The average Bonchev–Trinajstić information content (AvgIpc) is 1.63. The first kappa shape index (κ1) is 80.1. The Morgan fingerprint density at radius 2 is 0.642 bits per heavy atom. The Labute approximate surface area is 621 Å². The number of nitrogens with zero attached hydrogens (tertiary/aromatic N) is 7. The van der Waals surface area contributed by atoms with E-state index in [-0.39, 0.29) is 160 Å². The predicted octanol–water partition coefficient (Wildman–Crippen LogP) is 2.45. The van der Waals surface area contributed by atoms with Crippen LogP contribution in [0.3, 0.4) is 0 Å². The quantitative estimate of drug-likeness (QED) is 0.0186. The molecule has 0 aromatic heterocycles. The van der Waals surface area contributed by atoms with Crippen molar-refractivity contribution in [2.75, 3.05) is 26.4 Å². The number of hydrogen-bond acceptors (Lipinski definition) is 25. The van der Waals surface area contributed by atoms with Crippen LogP contribution in [0.1, 0.15) is 78.6 Å². The van der Waals surface area contributed by atoms with Gasteiger partial charge in [0.15, 0.2) is 73.8 Å². The summed E-state index contributed by atoms with van der Waals surface area (Å²) in [5.74, 6) is -5.03. The summed E-state index contributed by atoms with van der Waals surface area (Å²) in [4.78, 5) is 158. The summed E-state index contributed by atoms with van der Waals surface area (Å²) in [6.07, 6.45) is 23.5. The van der Waals surface area contributed by atoms with Crippen LogP contribution in [0, 0.1) is 0 Å². The van der Waals surface area contributed by atoms with Crippen molar-refractivity contribution >= 4 is 77.2 Å². The molecule has 5 N–H and O–H groups in total. The van der Waals surface area contributed by atoms with Gasteiger partial charge in [-0.25, -0.2) is 24.0 Å². The summed E-state index contributed by atoms with van der Waals surface area (Å²) >= 11 is 0. The van der Waals surface area contributed by atoms with Crippen molar-refractivity contribution in [3.8, 4) is 0 Å². The zero-order valence-corrected chi connectivity index (χ0v) is 57.6. The molecule has 36 heteroatoms. The second-order valence-electron chi connectivity index (χ2n) is 24.5. The van der Waals surface area contributed by atoms with Crippen LogP contribution in [0.4, 0.5) is 0 Å². The van der Waals surface area contributed by atoms with Crippen molar-refractivity contribution in [3.63, 3.8) is 0 Å². The Kier molecular flexibility index (Phi) is 26.0. The standard InChI is InChI=1S/C21H20N2O10.C21H22N2O5.C19H18N2O9.C8H9NO5.C3H4.CH4/c1-11(24)31-21(29)19-12(32-17-10-15(26)23(17)19)5-3-2-4-7-30-8-6-13-18(20(27)28)22-14(25)9-16(22)33-13;1-3-14-16(27-20-12-18(24)22(14)20)8-6-5-7-10-26-11-9-17-15(4-2)23-19(25)13-21(23)28-17;22-12-8-14-20(12)16(18(24)25)10(29-14)4-2-1-3-6-28-7-5-11-17(19(26)27)21-13(23)9-15(21)30-11;10-2-1-4-7(8(12)13)9-5(11)3-6(9)14-4;1-3-2;/h2,5-7,16-19H,3,8-10H2,1H3,(H,27,28);3-5,8-10,14-15,20-21H,1-2,6,11-13H2;1,4-6,14-17H,2,7-9H2,(H,24,25)(H,26,27);1,6-7,10H,2-3H2,(H,12,13);1-2H2;1H4/b12-5-,13-6-;16-8-,17-9-;10-4-,11-5-;4-1-;;. The van der Waals surface area contributed by atoms with Crippen molar-refractivity contribution in [2.45, 2.75) is 164 Å². The van der Waals surface area contributed by atoms with E-state index < -0.39 is 97.2 Å². The highest BCUT2D eigenvalue weighted by Crippen LogP contribution is 2.42. The second-order valence-corrected chi connectivity index (χ2v) is 24.5. The average molecular weight is 1520 g/mol. The lowest BCUT2D eigenvalue weighted by molar-refractivity contribution is -0.169. The molecule has 0 aromatic rings. The number of aliphatic hydroxyl groups excluding tert-OH is 1. The van der Waals surface area contributed by atoms with E-state index in [1.807, 2.05) is 12.2 Å².